The van der Waals surface area contributed by atoms with Gasteiger partial charge in [0.15, 0.2) is 0 Å². The zero-order valence-electron chi connectivity index (χ0n) is 17.4. The standard InChI is InChI=1S/C23H29ClN2O2S/c1-16(2)25-23(28)18(4)26(13-19-11-9-17(3)10-12-19)22(27)15-29-14-20-7-5-6-8-21(20)24/h5-12,16,18H,13-15H2,1-4H3,(H,25,28). The molecule has 0 aromatic heterocycles. The summed E-state index contributed by atoms with van der Waals surface area (Å²) in [7, 11) is 0. The molecule has 0 aliphatic rings. The number of rotatable bonds is 9. The Bertz CT molecular complexity index is 824. The van der Waals surface area contributed by atoms with Crippen LogP contribution in [0.25, 0.3) is 0 Å². The number of hydrogen-bond donors (Lipinski definition) is 1. The zero-order chi connectivity index (χ0) is 21.4. The van der Waals surface area contributed by atoms with Gasteiger partial charge in [0, 0.05) is 23.4 Å². The summed E-state index contributed by atoms with van der Waals surface area (Å²) in [4.78, 5) is 27.2. The van der Waals surface area contributed by atoms with Crippen LogP contribution < -0.4 is 5.32 Å². The fraction of sp³-hybridized carbons (Fsp3) is 0.391. The van der Waals surface area contributed by atoms with Crippen LogP contribution in [0.1, 0.15) is 37.5 Å². The highest BCUT2D eigenvalue weighted by Gasteiger charge is 2.26. The number of amides is 2. The zero-order valence-corrected chi connectivity index (χ0v) is 19.0. The normalized spacial score (nSPS) is 11.9. The molecule has 0 saturated heterocycles. The van der Waals surface area contributed by atoms with E-state index in [4.69, 9.17) is 11.6 Å². The summed E-state index contributed by atoms with van der Waals surface area (Å²) in [5, 5.41) is 3.61. The Balaban J connectivity index is 2.07. The fourth-order valence-corrected chi connectivity index (χ4v) is 4.02. The maximum absolute atomic E-state index is 13.0. The first-order valence-corrected chi connectivity index (χ1v) is 11.3. The molecule has 1 atom stereocenters. The second kappa shape index (κ2) is 11.3. The summed E-state index contributed by atoms with van der Waals surface area (Å²) in [6.45, 7) is 8.03. The second-order valence-electron chi connectivity index (χ2n) is 7.43. The van der Waals surface area contributed by atoms with Gasteiger partial charge in [-0.25, -0.2) is 0 Å². The largest absolute Gasteiger partial charge is 0.352 e. The minimum atomic E-state index is -0.549. The van der Waals surface area contributed by atoms with Crippen LogP contribution in [0.3, 0.4) is 0 Å². The third kappa shape index (κ3) is 7.41. The van der Waals surface area contributed by atoms with Crippen LogP contribution >= 0.6 is 23.4 Å². The topological polar surface area (TPSA) is 49.4 Å². The van der Waals surface area contributed by atoms with Gasteiger partial charge in [-0.15, -0.1) is 11.8 Å². The molecule has 2 aromatic carbocycles. The van der Waals surface area contributed by atoms with E-state index in [1.54, 1.807) is 11.8 Å². The predicted octanol–water partition coefficient (Wildman–Crippen LogP) is 4.82. The van der Waals surface area contributed by atoms with Crippen LogP contribution in [0.4, 0.5) is 0 Å². The van der Waals surface area contributed by atoms with Crippen molar-refractivity contribution < 1.29 is 9.59 Å². The van der Waals surface area contributed by atoms with Crippen molar-refractivity contribution >= 4 is 35.2 Å². The second-order valence-corrected chi connectivity index (χ2v) is 8.82. The molecule has 0 aliphatic heterocycles. The molecular formula is C23H29ClN2O2S. The summed E-state index contributed by atoms with van der Waals surface area (Å²) in [6, 6.07) is 15.1. The molecule has 0 fully saturated rings. The third-order valence-corrected chi connectivity index (χ3v) is 5.85. The Hall–Kier alpha value is -1.98. The first-order chi connectivity index (χ1) is 13.8. The number of nitrogens with zero attached hydrogens (tertiary/aromatic N) is 1. The minimum absolute atomic E-state index is 0.0240. The minimum Gasteiger partial charge on any atom is -0.352 e. The van der Waals surface area contributed by atoms with Crippen molar-refractivity contribution in [3.63, 3.8) is 0 Å². The van der Waals surface area contributed by atoms with Crippen LogP contribution in [0.15, 0.2) is 48.5 Å². The van der Waals surface area contributed by atoms with Gasteiger partial charge in [0.05, 0.1) is 5.75 Å². The first-order valence-electron chi connectivity index (χ1n) is 9.74. The molecule has 2 rings (SSSR count). The van der Waals surface area contributed by atoms with Crippen molar-refractivity contribution in [3.05, 3.63) is 70.2 Å². The van der Waals surface area contributed by atoms with Crippen molar-refractivity contribution in [2.45, 2.75) is 52.1 Å². The van der Waals surface area contributed by atoms with Gasteiger partial charge in [-0.2, -0.15) is 0 Å². The highest BCUT2D eigenvalue weighted by molar-refractivity contribution is 7.99. The number of carbonyl (C=O) groups excluding carboxylic acids is 2. The number of nitrogens with one attached hydrogen (secondary N) is 1. The average Bonchev–Trinajstić information content (AvgIpc) is 2.68. The first kappa shape index (κ1) is 23.3. The lowest BCUT2D eigenvalue weighted by Gasteiger charge is -2.29. The van der Waals surface area contributed by atoms with E-state index in [-0.39, 0.29) is 23.6 Å². The maximum Gasteiger partial charge on any atom is 0.242 e. The van der Waals surface area contributed by atoms with Crippen LogP contribution in [0.2, 0.25) is 5.02 Å². The monoisotopic (exact) mass is 432 g/mol. The lowest BCUT2D eigenvalue weighted by atomic mass is 10.1. The van der Waals surface area contributed by atoms with Crippen molar-refractivity contribution in [2.75, 3.05) is 5.75 Å². The van der Waals surface area contributed by atoms with Crippen molar-refractivity contribution in [1.29, 1.82) is 0 Å². The summed E-state index contributed by atoms with van der Waals surface area (Å²) < 4.78 is 0. The lowest BCUT2D eigenvalue weighted by molar-refractivity contribution is -0.138. The van der Waals surface area contributed by atoms with Gasteiger partial charge >= 0.3 is 0 Å². The van der Waals surface area contributed by atoms with Crippen LogP contribution in [-0.2, 0) is 21.9 Å². The van der Waals surface area contributed by atoms with E-state index in [9.17, 15) is 9.59 Å². The lowest BCUT2D eigenvalue weighted by Crippen LogP contribution is -2.49. The molecule has 0 aliphatic carbocycles. The molecule has 2 aromatic rings. The van der Waals surface area contributed by atoms with Gasteiger partial charge in [0.25, 0.3) is 0 Å². The Labute approximate surface area is 183 Å². The maximum atomic E-state index is 13.0. The van der Waals surface area contributed by atoms with Gasteiger partial charge < -0.3 is 10.2 Å². The molecule has 1 unspecified atom stereocenters. The van der Waals surface area contributed by atoms with E-state index < -0.39 is 6.04 Å². The summed E-state index contributed by atoms with van der Waals surface area (Å²) >= 11 is 7.71. The molecule has 2 amide bonds. The van der Waals surface area contributed by atoms with Gasteiger partial charge in [0.2, 0.25) is 11.8 Å². The van der Waals surface area contributed by atoms with Crippen LogP contribution in [-0.4, -0.2) is 34.6 Å². The van der Waals surface area contributed by atoms with Crippen molar-refractivity contribution in [2.24, 2.45) is 0 Å². The third-order valence-electron chi connectivity index (χ3n) is 4.51. The van der Waals surface area contributed by atoms with Crippen molar-refractivity contribution in [1.82, 2.24) is 10.2 Å². The molecular weight excluding hydrogens is 404 g/mol. The van der Waals surface area contributed by atoms with Gasteiger partial charge in [-0.3, -0.25) is 9.59 Å². The smallest absolute Gasteiger partial charge is 0.242 e. The van der Waals surface area contributed by atoms with E-state index in [0.29, 0.717) is 17.3 Å². The Morgan fingerprint density at radius 3 is 2.34 bits per heavy atom. The number of aryl methyl sites for hydroxylation is 1. The Morgan fingerprint density at radius 1 is 1.07 bits per heavy atom. The molecule has 0 spiro atoms. The fourth-order valence-electron chi connectivity index (χ4n) is 2.82. The molecule has 6 heteroatoms. The number of benzene rings is 2. The quantitative estimate of drug-likeness (QED) is 0.617. The summed E-state index contributed by atoms with van der Waals surface area (Å²) in [5.41, 5.74) is 3.17. The van der Waals surface area contributed by atoms with E-state index in [1.165, 1.54) is 11.8 Å². The van der Waals surface area contributed by atoms with Gasteiger partial charge in [-0.1, -0.05) is 59.6 Å². The molecule has 0 saturated carbocycles. The van der Waals surface area contributed by atoms with Gasteiger partial charge in [-0.05, 0) is 44.9 Å². The molecule has 156 valence electrons. The highest BCUT2D eigenvalue weighted by Crippen LogP contribution is 2.21. The Kier molecular flexibility index (Phi) is 9.05. The molecule has 29 heavy (non-hydrogen) atoms. The number of carbonyl (C=O) groups is 2. The predicted molar refractivity (Wildman–Crippen MR) is 122 cm³/mol. The highest BCUT2D eigenvalue weighted by atomic mass is 35.5. The number of thioether (sulfide) groups is 1. The van der Waals surface area contributed by atoms with E-state index >= 15 is 0 Å². The number of halogens is 1. The summed E-state index contributed by atoms with van der Waals surface area (Å²) in [6.07, 6.45) is 0. The average molecular weight is 433 g/mol. The van der Waals surface area contributed by atoms with Crippen molar-refractivity contribution in [3.8, 4) is 0 Å². The SMILES string of the molecule is Cc1ccc(CN(C(=O)CSCc2ccccc2Cl)C(C)C(=O)NC(C)C)cc1. The molecule has 0 heterocycles. The molecule has 1 N–H and O–H groups in total. The summed E-state index contributed by atoms with van der Waals surface area (Å²) in [5.74, 6) is 0.734. The van der Waals surface area contributed by atoms with E-state index in [2.05, 4.69) is 5.32 Å². The Morgan fingerprint density at radius 2 is 1.72 bits per heavy atom. The van der Waals surface area contributed by atoms with Gasteiger partial charge in [0.1, 0.15) is 6.04 Å². The molecule has 0 radical (unpaired) electrons. The molecule has 0 bridgehead atoms. The van der Waals surface area contributed by atoms with E-state index in [0.717, 1.165) is 16.7 Å². The van der Waals surface area contributed by atoms with Crippen LogP contribution in [0.5, 0.6) is 0 Å². The van der Waals surface area contributed by atoms with Crippen LogP contribution in [0, 0.1) is 6.92 Å². The molecule has 4 nitrogen and oxygen atoms in total. The van der Waals surface area contributed by atoms with E-state index in [1.807, 2.05) is 69.3 Å². The number of hydrogen-bond acceptors (Lipinski definition) is 3.